The van der Waals surface area contributed by atoms with Crippen LogP contribution in [0, 0.1) is 0 Å². The smallest absolute Gasteiger partial charge is 0.240 e. The second-order valence-corrected chi connectivity index (χ2v) is 4.12. The van der Waals surface area contributed by atoms with Gasteiger partial charge in [-0.05, 0) is 33.2 Å². The van der Waals surface area contributed by atoms with E-state index in [0.29, 0.717) is 6.54 Å². The Hall–Kier alpha value is -0.610. The van der Waals surface area contributed by atoms with E-state index in [4.69, 9.17) is 4.74 Å². The van der Waals surface area contributed by atoms with E-state index in [1.165, 1.54) is 0 Å². The second-order valence-electron chi connectivity index (χ2n) is 4.12. The topological polar surface area (TPSA) is 50.4 Å². The molecule has 0 aliphatic carbocycles. The zero-order chi connectivity index (χ0) is 10.6. The van der Waals surface area contributed by atoms with Gasteiger partial charge in [-0.25, -0.2) is 0 Å². The molecular weight excluding hydrogens is 180 g/mol. The number of nitrogens with one attached hydrogen (secondary N) is 2. The van der Waals surface area contributed by atoms with Crippen LogP contribution in [-0.4, -0.2) is 37.7 Å². The first-order valence-corrected chi connectivity index (χ1v) is 5.14. The highest BCUT2D eigenvalue weighted by molar-refractivity contribution is 5.86. The van der Waals surface area contributed by atoms with Crippen LogP contribution in [0.4, 0.5) is 0 Å². The summed E-state index contributed by atoms with van der Waals surface area (Å²) in [4.78, 5) is 11.8. The molecular formula is C10H20N2O2. The summed E-state index contributed by atoms with van der Waals surface area (Å²) < 4.78 is 5.06. The van der Waals surface area contributed by atoms with Crippen LogP contribution < -0.4 is 10.6 Å². The van der Waals surface area contributed by atoms with E-state index >= 15 is 0 Å². The molecule has 2 N–H and O–H groups in total. The Bertz CT molecular complexity index is 200. The van der Waals surface area contributed by atoms with E-state index in [9.17, 15) is 4.79 Å². The van der Waals surface area contributed by atoms with Crippen molar-refractivity contribution < 1.29 is 9.53 Å². The maximum Gasteiger partial charge on any atom is 0.240 e. The van der Waals surface area contributed by atoms with Crippen LogP contribution in [0.2, 0.25) is 0 Å². The molecule has 82 valence electrons. The lowest BCUT2D eigenvalue weighted by Gasteiger charge is -2.23. The van der Waals surface area contributed by atoms with E-state index in [0.717, 1.165) is 19.4 Å². The van der Waals surface area contributed by atoms with E-state index in [1.807, 2.05) is 13.8 Å². The number of amides is 1. The van der Waals surface area contributed by atoms with E-state index in [1.54, 1.807) is 7.11 Å². The van der Waals surface area contributed by atoms with E-state index in [2.05, 4.69) is 10.6 Å². The zero-order valence-corrected chi connectivity index (χ0v) is 9.22. The predicted octanol–water partition coefficient (Wildman–Crippen LogP) is 0.280. The molecule has 4 nitrogen and oxygen atoms in total. The monoisotopic (exact) mass is 200 g/mol. The summed E-state index contributed by atoms with van der Waals surface area (Å²) in [7, 11) is 1.65. The molecule has 14 heavy (non-hydrogen) atoms. The first-order chi connectivity index (χ1) is 6.58. The molecule has 1 aliphatic heterocycles. The fraction of sp³-hybridized carbons (Fsp3) is 0.900. The average Bonchev–Trinajstić information content (AvgIpc) is 2.62. The number of ether oxygens (including phenoxy) is 1. The first-order valence-electron chi connectivity index (χ1n) is 5.14. The SMILES string of the molecule is COC(C)CNC(=O)C1(C)CCCN1. The van der Waals surface area contributed by atoms with Crippen LogP contribution in [-0.2, 0) is 9.53 Å². The molecule has 0 saturated carbocycles. The minimum atomic E-state index is -0.368. The van der Waals surface area contributed by atoms with Gasteiger partial charge in [-0.15, -0.1) is 0 Å². The molecule has 0 radical (unpaired) electrons. The highest BCUT2D eigenvalue weighted by Crippen LogP contribution is 2.18. The number of hydrogen-bond acceptors (Lipinski definition) is 3. The van der Waals surface area contributed by atoms with Gasteiger partial charge in [0.15, 0.2) is 0 Å². The molecule has 2 unspecified atom stereocenters. The third kappa shape index (κ3) is 2.69. The Morgan fingerprint density at radius 2 is 2.43 bits per heavy atom. The van der Waals surface area contributed by atoms with Gasteiger partial charge in [-0.2, -0.15) is 0 Å². The maximum atomic E-state index is 11.8. The lowest BCUT2D eigenvalue weighted by Crippen LogP contribution is -2.52. The van der Waals surface area contributed by atoms with Gasteiger partial charge >= 0.3 is 0 Å². The Balaban J connectivity index is 2.34. The third-order valence-corrected chi connectivity index (χ3v) is 2.82. The van der Waals surface area contributed by atoms with Gasteiger partial charge in [0.1, 0.15) is 0 Å². The van der Waals surface area contributed by atoms with Gasteiger partial charge in [0.2, 0.25) is 5.91 Å². The number of rotatable bonds is 4. The highest BCUT2D eigenvalue weighted by atomic mass is 16.5. The zero-order valence-electron chi connectivity index (χ0n) is 9.22. The van der Waals surface area contributed by atoms with Gasteiger partial charge < -0.3 is 15.4 Å². The number of carbonyl (C=O) groups excluding carboxylic acids is 1. The number of hydrogen-bond donors (Lipinski definition) is 2. The minimum absolute atomic E-state index is 0.0731. The van der Waals surface area contributed by atoms with Gasteiger partial charge in [0.05, 0.1) is 11.6 Å². The van der Waals surface area contributed by atoms with Crippen molar-refractivity contribution in [1.82, 2.24) is 10.6 Å². The molecule has 4 heteroatoms. The van der Waals surface area contributed by atoms with Crippen molar-refractivity contribution in [2.75, 3.05) is 20.2 Å². The van der Waals surface area contributed by atoms with Gasteiger partial charge in [0.25, 0.3) is 0 Å². The summed E-state index contributed by atoms with van der Waals surface area (Å²) >= 11 is 0. The molecule has 2 atom stereocenters. The van der Waals surface area contributed by atoms with Gasteiger partial charge in [-0.3, -0.25) is 4.79 Å². The minimum Gasteiger partial charge on any atom is -0.380 e. The fourth-order valence-electron chi connectivity index (χ4n) is 1.60. The predicted molar refractivity (Wildman–Crippen MR) is 55.1 cm³/mol. The largest absolute Gasteiger partial charge is 0.380 e. The standard InChI is InChI=1S/C10H20N2O2/c1-8(14-3)7-11-9(13)10(2)5-4-6-12-10/h8,12H,4-7H2,1-3H3,(H,11,13). The van der Waals surface area contributed by atoms with Crippen molar-refractivity contribution in [3.8, 4) is 0 Å². The molecule has 1 fully saturated rings. The van der Waals surface area contributed by atoms with Crippen LogP contribution >= 0.6 is 0 Å². The summed E-state index contributed by atoms with van der Waals surface area (Å²) in [5, 5.41) is 6.11. The average molecular weight is 200 g/mol. The van der Waals surface area contributed by atoms with Crippen LogP contribution in [0.1, 0.15) is 26.7 Å². The van der Waals surface area contributed by atoms with Crippen molar-refractivity contribution >= 4 is 5.91 Å². The van der Waals surface area contributed by atoms with E-state index < -0.39 is 0 Å². The fourth-order valence-corrected chi connectivity index (χ4v) is 1.60. The second kappa shape index (κ2) is 4.75. The molecule has 0 aromatic carbocycles. The summed E-state index contributed by atoms with van der Waals surface area (Å²) in [6.45, 7) is 5.40. The lowest BCUT2D eigenvalue weighted by atomic mass is 9.99. The molecule has 1 amide bonds. The third-order valence-electron chi connectivity index (χ3n) is 2.82. The van der Waals surface area contributed by atoms with Crippen molar-refractivity contribution in [3.05, 3.63) is 0 Å². The Labute approximate surface area is 85.4 Å². The van der Waals surface area contributed by atoms with Crippen molar-refractivity contribution in [1.29, 1.82) is 0 Å². The number of methoxy groups -OCH3 is 1. The number of carbonyl (C=O) groups is 1. The van der Waals surface area contributed by atoms with E-state index in [-0.39, 0.29) is 17.6 Å². The van der Waals surface area contributed by atoms with Crippen molar-refractivity contribution in [2.24, 2.45) is 0 Å². The maximum absolute atomic E-state index is 11.8. The van der Waals surface area contributed by atoms with Crippen LogP contribution in [0.15, 0.2) is 0 Å². The quantitative estimate of drug-likeness (QED) is 0.685. The first kappa shape index (κ1) is 11.5. The highest BCUT2D eigenvalue weighted by Gasteiger charge is 2.35. The van der Waals surface area contributed by atoms with Gasteiger partial charge in [-0.1, -0.05) is 0 Å². The Kier molecular flexibility index (Phi) is 3.89. The Morgan fingerprint density at radius 3 is 2.93 bits per heavy atom. The summed E-state index contributed by atoms with van der Waals surface area (Å²) in [5.41, 5.74) is -0.368. The normalized spacial score (nSPS) is 28.8. The van der Waals surface area contributed by atoms with Crippen LogP contribution in [0.25, 0.3) is 0 Å². The molecule has 1 rings (SSSR count). The van der Waals surface area contributed by atoms with Crippen molar-refractivity contribution in [2.45, 2.75) is 38.3 Å². The summed E-state index contributed by atoms with van der Waals surface area (Å²) in [5.74, 6) is 0.0823. The molecule has 0 aromatic heterocycles. The Morgan fingerprint density at radius 1 is 1.71 bits per heavy atom. The molecule has 1 aliphatic rings. The molecule has 1 saturated heterocycles. The molecule has 0 spiro atoms. The molecule has 1 heterocycles. The lowest BCUT2D eigenvalue weighted by molar-refractivity contribution is -0.127. The molecule has 0 aromatic rings. The van der Waals surface area contributed by atoms with Gasteiger partial charge in [0, 0.05) is 13.7 Å². The van der Waals surface area contributed by atoms with Crippen molar-refractivity contribution in [3.63, 3.8) is 0 Å². The molecule has 0 bridgehead atoms. The van der Waals surface area contributed by atoms with Crippen LogP contribution in [0.5, 0.6) is 0 Å². The summed E-state index contributed by atoms with van der Waals surface area (Å²) in [6.07, 6.45) is 2.06. The van der Waals surface area contributed by atoms with Crippen LogP contribution in [0.3, 0.4) is 0 Å². The summed E-state index contributed by atoms with van der Waals surface area (Å²) in [6, 6.07) is 0.